The molecule has 7 nitrogen and oxygen atoms in total. The molecule has 38 heavy (non-hydrogen) atoms. The maximum absolute atomic E-state index is 13.1. The van der Waals surface area contributed by atoms with Gasteiger partial charge in [0.05, 0.1) is 5.69 Å². The van der Waals surface area contributed by atoms with Gasteiger partial charge in [-0.15, -0.1) is 0 Å². The molecule has 5 rings (SSSR count). The number of benzene rings is 2. The van der Waals surface area contributed by atoms with Crippen molar-refractivity contribution in [2.45, 2.75) is 13.5 Å². The highest BCUT2D eigenvalue weighted by molar-refractivity contribution is 9.10. The molecule has 2 N–H and O–H groups in total. The van der Waals surface area contributed by atoms with E-state index in [-0.39, 0.29) is 5.91 Å². The van der Waals surface area contributed by atoms with Crippen molar-refractivity contribution in [3.8, 4) is 11.3 Å². The van der Waals surface area contributed by atoms with Crippen LogP contribution in [0.25, 0.3) is 11.3 Å². The largest absolute Gasteiger partial charge is 0.340 e. The van der Waals surface area contributed by atoms with Crippen LogP contribution in [0.5, 0.6) is 0 Å². The molecule has 0 atom stereocenters. The Morgan fingerprint density at radius 1 is 1.00 bits per heavy atom. The number of hydrogen-bond acceptors (Lipinski definition) is 6. The van der Waals surface area contributed by atoms with E-state index in [1.807, 2.05) is 73.7 Å². The van der Waals surface area contributed by atoms with Crippen LogP contribution in [0.2, 0.25) is 0 Å². The first-order valence-corrected chi connectivity index (χ1v) is 13.5. The molecule has 3 heterocycles. The fourth-order valence-corrected chi connectivity index (χ4v) is 4.92. The Morgan fingerprint density at radius 2 is 1.84 bits per heavy atom. The lowest BCUT2D eigenvalue weighted by molar-refractivity contribution is 0.102. The number of carbonyl (C=O) groups excluding carboxylic acids is 1. The molecule has 0 aliphatic carbocycles. The van der Waals surface area contributed by atoms with Crippen LogP contribution in [0, 0.1) is 6.92 Å². The predicted octanol–water partition coefficient (Wildman–Crippen LogP) is 5.96. The Hall–Kier alpha value is -3.59. The van der Waals surface area contributed by atoms with Gasteiger partial charge in [-0.3, -0.25) is 14.7 Å². The molecule has 1 fully saturated rings. The summed E-state index contributed by atoms with van der Waals surface area (Å²) >= 11 is 3.68. The number of nitrogens with zero attached hydrogens (tertiary/aromatic N) is 4. The van der Waals surface area contributed by atoms with Gasteiger partial charge in [0.1, 0.15) is 5.82 Å². The molecule has 0 saturated carbocycles. The van der Waals surface area contributed by atoms with Crippen LogP contribution >= 0.6 is 15.9 Å². The standard InChI is InChI=1S/C30H31BrN6O/c1-21-8-11-25(18-28(21)35-29-7-3-6-27(34-29)23-5-4-12-32-19-23)33-30(38)22-9-10-24(26(31)17-22)20-37-15-13-36(2)14-16-37/h3-12,17-19H,13-16,20H2,1-2H3,(H,33,38)(H,34,35). The van der Waals surface area contributed by atoms with Crippen molar-refractivity contribution in [2.75, 3.05) is 43.9 Å². The van der Waals surface area contributed by atoms with Gasteiger partial charge in [0.15, 0.2) is 0 Å². The van der Waals surface area contributed by atoms with Crippen LogP contribution < -0.4 is 10.6 Å². The summed E-state index contributed by atoms with van der Waals surface area (Å²) in [6, 6.07) is 21.4. The topological polar surface area (TPSA) is 73.4 Å². The van der Waals surface area contributed by atoms with Gasteiger partial charge in [-0.05, 0) is 73.6 Å². The lowest BCUT2D eigenvalue weighted by atomic mass is 10.1. The fraction of sp³-hybridized carbons (Fsp3) is 0.233. The van der Waals surface area contributed by atoms with E-state index in [9.17, 15) is 4.79 Å². The van der Waals surface area contributed by atoms with Crippen molar-refractivity contribution in [2.24, 2.45) is 0 Å². The third kappa shape index (κ3) is 6.45. The number of likely N-dealkylation sites (N-methyl/N-ethyl adjacent to an activating group) is 1. The summed E-state index contributed by atoms with van der Waals surface area (Å²) in [6.07, 6.45) is 3.54. The summed E-state index contributed by atoms with van der Waals surface area (Å²) in [5.41, 5.74) is 6.23. The van der Waals surface area contributed by atoms with Gasteiger partial charge in [0.2, 0.25) is 0 Å². The van der Waals surface area contributed by atoms with E-state index in [0.717, 1.165) is 65.5 Å². The lowest BCUT2D eigenvalue weighted by Crippen LogP contribution is -2.43. The molecule has 194 valence electrons. The van der Waals surface area contributed by atoms with Crippen molar-refractivity contribution >= 4 is 39.0 Å². The van der Waals surface area contributed by atoms with Gasteiger partial charge in [-0.1, -0.05) is 34.1 Å². The van der Waals surface area contributed by atoms with Crippen LogP contribution in [0.4, 0.5) is 17.2 Å². The Kier molecular flexibility index (Phi) is 8.12. The minimum Gasteiger partial charge on any atom is -0.340 e. The summed E-state index contributed by atoms with van der Waals surface area (Å²) in [5.74, 6) is 0.571. The average molecular weight is 572 g/mol. The smallest absolute Gasteiger partial charge is 0.255 e. The number of aromatic nitrogens is 2. The molecule has 0 spiro atoms. The van der Waals surface area contributed by atoms with E-state index >= 15 is 0 Å². The molecule has 1 aliphatic rings. The Balaban J connectivity index is 1.26. The zero-order valence-corrected chi connectivity index (χ0v) is 23.2. The maximum atomic E-state index is 13.1. The van der Waals surface area contributed by atoms with Crippen LogP contribution in [-0.4, -0.2) is 58.9 Å². The Bertz CT molecular complexity index is 1420. The molecule has 2 aromatic carbocycles. The SMILES string of the molecule is Cc1ccc(NC(=O)c2ccc(CN3CCN(C)CC3)c(Br)c2)cc1Nc1cccc(-c2cccnc2)n1. The number of halogens is 1. The maximum Gasteiger partial charge on any atom is 0.255 e. The molecule has 2 aromatic heterocycles. The quantitative estimate of drug-likeness (QED) is 0.285. The molecule has 0 unspecified atom stereocenters. The molecule has 0 bridgehead atoms. The second-order valence-electron chi connectivity index (χ2n) is 9.64. The molecular formula is C30H31BrN6O. The molecular weight excluding hydrogens is 540 g/mol. The Labute approximate surface area is 232 Å². The zero-order chi connectivity index (χ0) is 26.5. The van der Waals surface area contributed by atoms with Crippen LogP contribution in [0.3, 0.4) is 0 Å². The first-order valence-electron chi connectivity index (χ1n) is 12.7. The zero-order valence-electron chi connectivity index (χ0n) is 21.6. The highest BCUT2D eigenvalue weighted by atomic mass is 79.9. The summed E-state index contributed by atoms with van der Waals surface area (Å²) in [4.78, 5) is 26.8. The second-order valence-corrected chi connectivity index (χ2v) is 10.5. The number of aryl methyl sites for hydroxylation is 1. The summed E-state index contributed by atoms with van der Waals surface area (Å²) in [7, 11) is 2.16. The van der Waals surface area contributed by atoms with Crippen molar-refractivity contribution in [3.05, 3.63) is 100 Å². The number of carbonyl (C=O) groups is 1. The predicted molar refractivity (Wildman–Crippen MR) is 157 cm³/mol. The van der Waals surface area contributed by atoms with E-state index in [1.165, 1.54) is 5.56 Å². The van der Waals surface area contributed by atoms with Crippen LogP contribution in [0.15, 0.2) is 83.6 Å². The second kappa shape index (κ2) is 11.9. The Morgan fingerprint density at radius 3 is 2.61 bits per heavy atom. The van der Waals surface area contributed by atoms with E-state index in [2.05, 4.69) is 48.4 Å². The average Bonchev–Trinajstić information content (AvgIpc) is 2.93. The van der Waals surface area contributed by atoms with Crippen LogP contribution in [-0.2, 0) is 6.54 Å². The first kappa shape index (κ1) is 26.0. The molecule has 1 aliphatic heterocycles. The van der Waals surface area contributed by atoms with Crippen LogP contribution in [0.1, 0.15) is 21.5 Å². The van der Waals surface area contributed by atoms with Crippen molar-refractivity contribution in [1.29, 1.82) is 0 Å². The third-order valence-corrected chi connectivity index (χ3v) is 7.51. The number of anilines is 3. The van der Waals surface area contributed by atoms with Gasteiger partial charge >= 0.3 is 0 Å². The highest BCUT2D eigenvalue weighted by Gasteiger charge is 2.16. The monoisotopic (exact) mass is 570 g/mol. The molecule has 8 heteroatoms. The van der Waals surface area contributed by atoms with E-state index in [1.54, 1.807) is 12.4 Å². The number of piperazine rings is 1. The minimum atomic E-state index is -0.150. The first-order chi connectivity index (χ1) is 18.4. The number of nitrogens with one attached hydrogen (secondary N) is 2. The van der Waals surface area contributed by atoms with Gasteiger partial charge in [0.25, 0.3) is 5.91 Å². The van der Waals surface area contributed by atoms with E-state index in [0.29, 0.717) is 11.3 Å². The molecule has 1 saturated heterocycles. The van der Waals surface area contributed by atoms with Crippen molar-refractivity contribution < 1.29 is 4.79 Å². The number of rotatable bonds is 7. The van der Waals surface area contributed by atoms with Gasteiger partial charge in [-0.25, -0.2) is 4.98 Å². The summed E-state index contributed by atoms with van der Waals surface area (Å²) in [5, 5.41) is 6.43. The molecule has 4 aromatic rings. The van der Waals surface area contributed by atoms with E-state index in [4.69, 9.17) is 4.98 Å². The highest BCUT2D eigenvalue weighted by Crippen LogP contribution is 2.26. The lowest BCUT2D eigenvalue weighted by Gasteiger charge is -2.32. The van der Waals surface area contributed by atoms with Gasteiger partial charge in [0, 0.05) is 72.1 Å². The summed E-state index contributed by atoms with van der Waals surface area (Å²) in [6.45, 7) is 7.17. The minimum absolute atomic E-state index is 0.150. The summed E-state index contributed by atoms with van der Waals surface area (Å²) < 4.78 is 0.954. The third-order valence-electron chi connectivity index (χ3n) is 6.77. The number of amides is 1. The number of pyridine rings is 2. The van der Waals surface area contributed by atoms with E-state index < -0.39 is 0 Å². The molecule has 0 radical (unpaired) electrons. The van der Waals surface area contributed by atoms with Gasteiger partial charge < -0.3 is 15.5 Å². The van der Waals surface area contributed by atoms with Gasteiger partial charge in [-0.2, -0.15) is 0 Å². The van der Waals surface area contributed by atoms with Crippen molar-refractivity contribution in [3.63, 3.8) is 0 Å². The fourth-order valence-electron chi connectivity index (χ4n) is 4.42. The number of hydrogen-bond donors (Lipinski definition) is 2. The molecule has 1 amide bonds. The van der Waals surface area contributed by atoms with Crippen molar-refractivity contribution in [1.82, 2.24) is 19.8 Å². The normalized spacial score (nSPS) is 14.3.